The third-order valence-electron chi connectivity index (χ3n) is 1.36. The normalized spacial score (nSPS) is 11.2. The number of hydrogen-bond acceptors (Lipinski definition) is 5. The minimum absolute atomic E-state index is 0.424. The van der Waals surface area contributed by atoms with Crippen molar-refractivity contribution < 1.29 is 9.53 Å². The van der Waals surface area contributed by atoms with Crippen LogP contribution >= 0.6 is 11.3 Å². The number of nitrogens with two attached hydrogens (primary N) is 1. The van der Waals surface area contributed by atoms with Gasteiger partial charge >= 0.3 is 6.09 Å². The molecule has 0 atom stereocenters. The Morgan fingerprint density at radius 2 is 2.33 bits per heavy atom. The molecule has 1 aromatic rings. The van der Waals surface area contributed by atoms with Crippen molar-refractivity contribution in [1.29, 1.82) is 0 Å². The standard InChI is InChI=1S/C9H15N3O2S/c1-9(2,3)14-8(13)12-7-11-5-6(4-10)15-7/h5H,4,10H2,1-3H3,(H,11,12,13). The summed E-state index contributed by atoms with van der Waals surface area (Å²) in [5, 5.41) is 3.05. The summed E-state index contributed by atoms with van der Waals surface area (Å²) in [4.78, 5) is 16.2. The quantitative estimate of drug-likeness (QED) is 0.812. The molecule has 1 rings (SSSR count). The van der Waals surface area contributed by atoms with Crippen LogP contribution in [0.4, 0.5) is 9.93 Å². The molecule has 0 fully saturated rings. The Morgan fingerprint density at radius 3 is 2.80 bits per heavy atom. The van der Waals surface area contributed by atoms with E-state index in [1.807, 2.05) is 0 Å². The van der Waals surface area contributed by atoms with Gasteiger partial charge in [-0.15, -0.1) is 11.3 Å². The molecule has 1 heterocycles. The van der Waals surface area contributed by atoms with Gasteiger partial charge in [-0.3, -0.25) is 5.32 Å². The molecule has 5 nitrogen and oxygen atoms in total. The maximum atomic E-state index is 11.3. The topological polar surface area (TPSA) is 77.2 Å². The van der Waals surface area contributed by atoms with Crippen LogP contribution < -0.4 is 11.1 Å². The van der Waals surface area contributed by atoms with Gasteiger partial charge in [0.2, 0.25) is 0 Å². The maximum absolute atomic E-state index is 11.3. The summed E-state index contributed by atoms with van der Waals surface area (Å²) < 4.78 is 5.07. The molecule has 0 bridgehead atoms. The molecule has 0 aliphatic heterocycles. The highest BCUT2D eigenvalue weighted by molar-refractivity contribution is 7.15. The molecule has 0 aliphatic carbocycles. The van der Waals surface area contributed by atoms with Gasteiger partial charge < -0.3 is 10.5 Å². The molecule has 1 amide bonds. The SMILES string of the molecule is CC(C)(C)OC(=O)Nc1ncc(CN)s1. The van der Waals surface area contributed by atoms with Crippen LogP contribution in [0.3, 0.4) is 0 Å². The maximum Gasteiger partial charge on any atom is 0.413 e. The lowest BCUT2D eigenvalue weighted by atomic mass is 10.2. The van der Waals surface area contributed by atoms with Gasteiger partial charge in [0, 0.05) is 17.6 Å². The first kappa shape index (κ1) is 11.9. The number of carbonyl (C=O) groups is 1. The summed E-state index contributed by atoms with van der Waals surface area (Å²) in [6, 6.07) is 0. The van der Waals surface area contributed by atoms with Gasteiger partial charge in [0.05, 0.1) is 0 Å². The Labute approximate surface area is 92.6 Å². The van der Waals surface area contributed by atoms with E-state index in [2.05, 4.69) is 10.3 Å². The van der Waals surface area contributed by atoms with Gasteiger partial charge in [-0.1, -0.05) is 0 Å². The summed E-state index contributed by atoms with van der Waals surface area (Å²) in [6.07, 6.45) is 1.14. The monoisotopic (exact) mass is 229 g/mol. The Morgan fingerprint density at radius 1 is 1.67 bits per heavy atom. The van der Waals surface area contributed by atoms with Gasteiger partial charge in [0.15, 0.2) is 5.13 Å². The second kappa shape index (κ2) is 4.59. The summed E-state index contributed by atoms with van der Waals surface area (Å²) in [7, 11) is 0. The van der Waals surface area contributed by atoms with Crippen LogP contribution in [-0.4, -0.2) is 16.7 Å². The molecule has 0 saturated heterocycles. The molecule has 0 saturated carbocycles. The van der Waals surface area contributed by atoms with Crippen LogP contribution in [0.2, 0.25) is 0 Å². The van der Waals surface area contributed by atoms with E-state index in [4.69, 9.17) is 10.5 Å². The summed E-state index contributed by atoms with van der Waals surface area (Å²) in [5.41, 5.74) is 4.92. The Kier molecular flexibility index (Phi) is 3.65. The number of carbonyl (C=O) groups excluding carboxylic acids is 1. The molecule has 0 spiro atoms. The van der Waals surface area contributed by atoms with Crippen molar-refractivity contribution >= 4 is 22.6 Å². The predicted molar refractivity (Wildman–Crippen MR) is 59.9 cm³/mol. The number of thiazole rings is 1. The third kappa shape index (κ3) is 4.26. The molecular formula is C9H15N3O2S. The van der Waals surface area contributed by atoms with Crippen LogP contribution in [0.5, 0.6) is 0 Å². The van der Waals surface area contributed by atoms with Crippen molar-refractivity contribution in [1.82, 2.24) is 4.98 Å². The number of amides is 1. The largest absolute Gasteiger partial charge is 0.444 e. The van der Waals surface area contributed by atoms with Crippen LogP contribution in [0.15, 0.2) is 6.20 Å². The molecule has 0 aliphatic rings. The van der Waals surface area contributed by atoms with Gasteiger partial charge in [-0.05, 0) is 20.8 Å². The lowest BCUT2D eigenvalue weighted by molar-refractivity contribution is 0.0636. The van der Waals surface area contributed by atoms with E-state index < -0.39 is 11.7 Å². The highest BCUT2D eigenvalue weighted by Crippen LogP contribution is 2.18. The minimum atomic E-state index is -0.502. The van der Waals surface area contributed by atoms with Gasteiger partial charge in [-0.25, -0.2) is 9.78 Å². The van der Waals surface area contributed by atoms with Crippen molar-refractivity contribution in [2.75, 3.05) is 5.32 Å². The van der Waals surface area contributed by atoms with E-state index >= 15 is 0 Å². The van der Waals surface area contributed by atoms with Crippen molar-refractivity contribution in [3.05, 3.63) is 11.1 Å². The lowest BCUT2D eigenvalue weighted by Gasteiger charge is -2.18. The van der Waals surface area contributed by atoms with Crippen molar-refractivity contribution in [2.45, 2.75) is 32.9 Å². The smallest absolute Gasteiger partial charge is 0.413 e. The van der Waals surface area contributed by atoms with Crippen LogP contribution in [-0.2, 0) is 11.3 Å². The summed E-state index contributed by atoms with van der Waals surface area (Å²) >= 11 is 1.34. The molecule has 0 aromatic carbocycles. The van der Waals surface area contributed by atoms with E-state index in [-0.39, 0.29) is 0 Å². The van der Waals surface area contributed by atoms with Crippen molar-refractivity contribution in [2.24, 2.45) is 5.73 Å². The van der Waals surface area contributed by atoms with E-state index in [1.165, 1.54) is 11.3 Å². The average Bonchev–Trinajstić information content (AvgIpc) is 2.48. The molecule has 84 valence electrons. The van der Waals surface area contributed by atoms with E-state index in [1.54, 1.807) is 27.0 Å². The highest BCUT2D eigenvalue weighted by atomic mass is 32.1. The van der Waals surface area contributed by atoms with Crippen LogP contribution in [0, 0.1) is 0 Å². The number of hydrogen-bond donors (Lipinski definition) is 2. The van der Waals surface area contributed by atoms with E-state index in [0.717, 1.165) is 4.88 Å². The molecule has 1 aromatic heterocycles. The molecule has 6 heteroatoms. The fourth-order valence-electron chi connectivity index (χ4n) is 0.851. The fourth-order valence-corrected chi connectivity index (χ4v) is 1.53. The Balaban J connectivity index is 2.51. The zero-order valence-electron chi connectivity index (χ0n) is 9.03. The number of nitrogens with zero attached hydrogens (tertiary/aromatic N) is 1. The third-order valence-corrected chi connectivity index (χ3v) is 2.30. The molecule has 0 unspecified atom stereocenters. The molecular weight excluding hydrogens is 214 g/mol. The zero-order chi connectivity index (χ0) is 11.5. The minimum Gasteiger partial charge on any atom is -0.444 e. The number of nitrogens with one attached hydrogen (secondary N) is 1. The highest BCUT2D eigenvalue weighted by Gasteiger charge is 2.16. The van der Waals surface area contributed by atoms with Gasteiger partial charge in [0.25, 0.3) is 0 Å². The number of anilines is 1. The number of rotatable bonds is 2. The number of ether oxygens (including phenoxy) is 1. The fraction of sp³-hybridized carbons (Fsp3) is 0.556. The lowest BCUT2D eigenvalue weighted by Crippen LogP contribution is -2.27. The molecule has 0 radical (unpaired) electrons. The first-order valence-corrected chi connectivity index (χ1v) is 5.37. The van der Waals surface area contributed by atoms with E-state index in [0.29, 0.717) is 11.7 Å². The van der Waals surface area contributed by atoms with Crippen molar-refractivity contribution in [3.63, 3.8) is 0 Å². The Bertz CT molecular complexity index is 343. The second-order valence-electron chi connectivity index (χ2n) is 3.96. The number of aromatic nitrogens is 1. The van der Waals surface area contributed by atoms with E-state index in [9.17, 15) is 4.79 Å². The first-order valence-electron chi connectivity index (χ1n) is 4.55. The zero-order valence-corrected chi connectivity index (χ0v) is 9.85. The van der Waals surface area contributed by atoms with Crippen LogP contribution in [0.25, 0.3) is 0 Å². The summed E-state index contributed by atoms with van der Waals surface area (Å²) in [6.45, 7) is 5.84. The average molecular weight is 229 g/mol. The van der Waals surface area contributed by atoms with Gasteiger partial charge in [-0.2, -0.15) is 0 Å². The van der Waals surface area contributed by atoms with Crippen molar-refractivity contribution in [3.8, 4) is 0 Å². The molecule has 3 N–H and O–H groups in total. The predicted octanol–water partition coefficient (Wildman–Crippen LogP) is 1.95. The molecule has 15 heavy (non-hydrogen) atoms. The van der Waals surface area contributed by atoms with Crippen LogP contribution in [0.1, 0.15) is 25.6 Å². The summed E-state index contributed by atoms with van der Waals surface area (Å²) in [5.74, 6) is 0. The second-order valence-corrected chi connectivity index (χ2v) is 5.08. The first-order chi connectivity index (χ1) is 6.90. The Hall–Kier alpha value is -1.14. The van der Waals surface area contributed by atoms with Gasteiger partial charge in [0.1, 0.15) is 5.60 Å².